The van der Waals surface area contributed by atoms with Crippen LogP contribution in [0.5, 0.6) is 0 Å². The van der Waals surface area contributed by atoms with Crippen LogP contribution in [0.15, 0.2) is 142 Å². The Morgan fingerprint density at radius 1 is 0.671 bits per heavy atom. The number of hydrogen-bond acceptors (Lipinski definition) is 15. The van der Waals surface area contributed by atoms with Crippen molar-refractivity contribution in [3.05, 3.63) is 155 Å². The number of Topliss-reactive ketones (excluding diaryl/α,β-unsaturated/α-hetero) is 2. The summed E-state index contributed by atoms with van der Waals surface area (Å²) in [5, 5.41) is 22.7. The van der Waals surface area contributed by atoms with Crippen LogP contribution in [0.25, 0.3) is 42.9 Å². The summed E-state index contributed by atoms with van der Waals surface area (Å²) in [5.41, 5.74) is 12.3. The molecule has 2 amide bonds. The molecule has 0 saturated carbocycles. The number of aromatic nitrogens is 5. The van der Waals surface area contributed by atoms with E-state index in [-0.39, 0.29) is 30.8 Å². The number of anilines is 4. The minimum Gasteiger partial charge on any atom is -0.499 e. The fourth-order valence-corrected chi connectivity index (χ4v) is 12.3. The summed E-state index contributed by atoms with van der Waals surface area (Å²) < 4.78 is 6.31. The first-order valence-corrected chi connectivity index (χ1v) is 28.6. The van der Waals surface area contributed by atoms with Crippen molar-refractivity contribution < 1.29 is 23.9 Å². The van der Waals surface area contributed by atoms with Crippen LogP contribution in [-0.2, 0) is 17.6 Å². The number of azo groups is 2. The van der Waals surface area contributed by atoms with Crippen LogP contribution in [0.2, 0.25) is 0 Å². The number of carbonyl (C=O) groups excluding carboxylic acids is 4. The standard InChI is InChI=1S/C33H32N6O3S.C28H25N7O2S.CH4/c1-20(2)42-17-5-15-38(4)24-9-7-23(8-10-24)36-37-33-35-28-11-6-22(18-31(28)43-33)32(41)39-16-14-25-26-19-29(21(3)40)34-27(26)12-13-30(25)39;1-16(36)23-14-20-19-8-11-35(25(19)7-6-22(20)31-23)27(37)24-13-17-12-18(4-5-21(17)30-24)32-33-26-15-29-28(38-26)34-9-2-3-10-34;/h6-13,18-19,34H,1,5,14-17H2,2-4H3;4-7,12-15,30-31H,2-3,8-11H2,1H3;1H4. The SMILES string of the molecule is C.C=C(C)OCCCN(C)c1ccc(N=Nc2nc3ccc(C(=O)N4CCc5c4ccc4[nH]c(C(C)=O)cc54)cc3s2)cc1.CC(=O)c1cc2c3c(ccc2[nH]1)N(C(=O)c1cc2cc(N=Nc4cnc(N5CCCC5)s4)ccc2[nH]1)CC3. The molecule has 0 spiro atoms. The number of ketones is 2. The number of benzene rings is 5. The lowest BCUT2D eigenvalue weighted by atomic mass is 10.1. The second kappa shape index (κ2) is 23.1. The second-order valence-electron chi connectivity index (χ2n) is 20.5. The number of carbonyl (C=O) groups is 4. The van der Waals surface area contributed by atoms with Crippen molar-refractivity contribution in [3.63, 3.8) is 0 Å². The molecule has 3 aliphatic rings. The topological polar surface area (TPSA) is 213 Å². The minimum absolute atomic E-state index is 0. The molecule has 1 saturated heterocycles. The number of nitrogens with one attached hydrogen (secondary N) is 3. The zero-order valence-corrected chi connectivity index (χ0v) is 46.8. The van der Waals surface area contributed by atoms with Crippen molar-refractivity contribution in [2.45, 2.75) is 60.3 Å². The van der Waals surface area contributed by atoms with Crippen LogP contribution >= 0.6 is 22.7 Å². The average molecular weight is 1130 g/mol. The molecule has 0 radical (unpaired) electrons. The van der Waals surface area contributed by atoms with E-state index in [1.54, 1.807) is 31.4 Å². The molecule has 13 rings (SSSR count). The smallest absolute Gasteiger partial charge is 0.274 e. The predicted octanol–water partition coefficient (Wildman–Crippen LogP) is 15.1. The highest BCUT2D eigenvalue weighted by molar-refractivity contribution is 7.22. The number of fused-ring (bicyclic) bond motifs is 8. The highest BCUT2D eigenvalue weighted by atomic mass is 32.1. The predicted molar refractivity (Wildman–Crippen MR) is 329 cm³/mol. The molecule has 1 fully saturated rings. The van der Waals surface area contributed by atoms with Crippen molar-refractivity contribution in [2.24, 2.45) is 20.5 Å². The molecule has 3 aliphatic heterocycles. The Kier molecular flexibility index (Phi) is 15.5. The third-order valence-electron chi connectivity index (χ3n) is 14.9. The van der Waals surface area contributed by atoms with Crippen molar-refractivity contribution in [1.29, 1.82) is 0 Å². The largest absolute Gasteiger partial charge is 0.499 e. The molecule has 82 heavy (non-hydrogen) atoms. The van der Waals surface area contributed by atoms with Crippen LogP contribution in [0.1, 0.15) is 100 Å². The molecule has 0 atom stereocenters. The lowest BCUT2D eigenvalue weighted by Crippen LogP contribution is -2.29. The molecule has 5 aromatic carbocycles. The highest BCUT2D eigenvalue weighted by Crippen LogP contribution is 2.39. The molecule has 416 valence electrons. The second-order valence-corrected chi connectivity index (χ2v) is 22.5. The van der Waals surface area contributed by atoms with E-state index in [4.69, 9.17) is 4.74 Å². The number of nitrogens with zero attached hydrogens (tertiary/aromatic N) is 10. The normalized spacial score (nSPS) is 13.8. The van der Waals surface area contributed by atoms with Crippen LogP contribution in [0.3, 0.4) is 0 Å². The van der Waals surface area contributed by atoms with E-state index in [2.05, 4.69) is 61.8 Å². The molecular weight excluding hydrogens is 1070 g/mol. The van der Waals surface area contributed by atoms with Gasteiger partial charge in [-0.05, 0) is 153 Å². The van der Waals surface area contributed by atoms with Gasteiger partial charge >= 0.3 is 0 Å². The highest BCUT2D eigenvalue weighted by Gasteiger charge is 2.30. The summed E-state index contributed by atoms with van der Waals surface area (Å²) in [4.78, 5) is 77.6. The van der Waals surface area contributed by atoms with E-state index < -0.39 is 0 Å². The minimum atomic E-state index is -0.0797. The summed E-state index contributed by atoms with van der Waals surface area (Å²) in [6, 6.07) is 32.6. The van der Waals surface area contributed by atoms with Crippen molar-refractivity contribution in [3.8, 4) is 0 Å². The van der Waals surface area contributed by atoms with Crippen LogP contribution in [-0.4, -0.2) is 94.7 Å². The number of thiazole rings is 2. The summed E-state index contributed by atoms with van der Waals surface area (Å²) >= 11 is 2.95. The number of aromatic amines is 3. The van der Waals surface area contributed by atoms with Gasteiger partial charge in [0.25, 0.3) is 11.8 Å². The van der Waals surface area contributed by atoms with Gasteiger partial charge in [0, 0.05) is 109 Å². The first-order chi connectivity index (χ1) is 39.3. The van der Waals surface area contributed by atoms with E-state index >= 15 is 0 Å². The maximum absolute atomic E-state index is 13.6. The third-order valence-corrected chi connectivity index (χ3v) is 16.7. The Labute approximate surface area is 481 Å². The van der Waals surface area contributed by atoms with Gasteiger partial charge in [-0.2, -0.15) is 0 Å². The Morgan fingerprint density at radius 2 is 1.29 bits per heavy atom. The number of rotatable bonds is 15. The fraction of sp³-hybridized carbons (Fsp3) is 0.258. The Bertz CT molecular complexity index is 4180. The van der Waals surface area contributed by atoms with Crippen molar-refractivity contribution >= 4 is 133 Å². The Balaban J connectivity index is 0.000000171. The number of ether oxygens (including phenoxy) is 1. The Hall–Kier alpha value is -9.14. The Morgan fingerprint density at radius 3 is 1.95 bits per heavy atom. The molecule has 0 unspecified atom stereocenters. The molecule has 10 aromatic rings. The van der Waals surface area contributed by atoms with Gasteiger partial charge in [0.1, 0.15) is 5.69 Å². The van der Waals surface area contributed by atoms with Crippen LogP contribution in [0, 0.1) is 0 Å². The molecule has 0 bridgehead atoms. The molecule has 8 heterocycles. The average Bonchev–Trinajstić information content (AvgIpc) is 4.44. The molecule has 0 aliphatic carbocycles. The van der Waals surface area contributed by atoms with Gasteiger partial charge in [0.15, 0.2) is 21.7 Å². The van der Waals surface area contributed by atoms with Crippen LogP contribution in [0.4, 0.5) is 43.7 Å². The van der Waals surface area contributed by atoms with Crippen molar-refractivity contribution in [2.75, 3.05) is 66.0 Å². The quantitative estimate of drug-likeness (QED) is 0.0385. The van der Waals surface area contributed by atoms with E-state index in [1.807, 2.05) is 127 Å². The van der Waals surface area contributed by atoms with E-state index in [0.717, 1.165) is 132 Å². The van der Waals surface area contributed by atoms with Gasteiger partial charge in [0.2, 0.25) is 5.13 Å². The van der Waals surface area contributed by atoms with E-state index in [9.17, 15) is 19.2 Å². The van der Waals surface area contributed by atoms with Gasteiger partial charge < -0.3 is 39.3 Å². The zero-order chi connectivity index (χ0) is 55.9. The summed E-state index contributed by atoms with van der Waals surface area (Å²) in [6.45, 7) is 13.5. The van der Waals surface area contributed by atoms with Gasteiger partial charge in [-0.15, -0.1) is 20.5 Å². The first-order valence-electron chi connectivity index (χ1n) is 26.9. The third kappa shape index (κ3) is 11.2. The molecule has 5 aromatic heterocycles. The van der Waals surface area contributed by atoms with Gasteiger partial charge in [0.05, 0.1) is 51.5 Å². The number of H-pyrrole nitrogens is 3. The lowest BCUT2D eigenvalue weighted by molar-refractivity contribution is 0.0979. The molecule has 3 N–H and O–H groups in total. The van der Waals surface area contributed by atoms with E-state index in [1.165, 1.54) is 24.2 Å². The maximum Gasteiger partial charge on any atom is 0.274 e. The van der Waals surface area contributed by atoms with Gasteiger partial charge in [-0.1, -0.05) is 36.7 Å². The zero-order valence-electron chi connectivity index (χ0n) is 45.2. The molecular formula is C62H61N13O5S2. The van der Waals surface area contributed by atoms with E-state index in [0.29, 0.717) is 53.2 Å². The number of hydrogen-bond donors (Lipinski definition) is 3. The fourth-order valence-electron chi connectivity index (χ4n) is 10.7. The van der Waals surface area contributed by atoms with Gasteiger partial charge in [-0.25, -0.2) is 9.97 Å². The monoisotopic (exact) mass is 1130 g/mol. The lowest BCUT2D eigenvalue weighted by Gasteiger charge is -2.19. The molecule has 20 heteroatoms. The molecule has 18 nitrogen and oxygen atoms in total. The maximum atomic E-state index is 13.6. The number of amides is 2. The number of allylic oxidation sites excluding steroid dienone is 1. The summed E-state index contributed by atoms with van der Waals surface area (Å²) in [6.07, 6.45) is 6.57. The van der Waals surface area contributed by atoms with Crippen LogP contribution < -0.4 is 19.6 Å². The van der Waals surface area contributed by atoms with Crippen molar-refractivity contribution in [1.82, 2.24) is 24.9 Å². The van der Waals surface area contributed by atoms with Gasteiger partial charge in [-0.3, -0.25) is 19.2 Å². The summed E-state index contributed by atoms with van der Waals surface area (Å²) in [7, 11) is 2.05. The summed E-state index contributed by atoms with van der Waals surface area (Å²) in [5.74, 6) is 0.580. The first kappa shape index (κ1) is 54.8.